The van der Waals surface area contributed by atoms with Crippen LogP contribution in [0.5, 0.6) is 0 Å². The molecule has 1 fully saturated rings. The lowest BCUT2D eigenvalue weighted by Crippen LogP contribution is -2.33. The number of ketones is 1. The number of rotatable bonds is 1. The average molecular weight is 315 g/mol. The molecule has 2 aromatic rings. The number of carbonyl (C=O) groups is 1. The molecule has 0 spiro atoms. The van der Waals surface area contributed by atoms with Crippen LogP contribution in [0.3, 0.4) is 0 Å². The summed E-state index contributed by atoms with van der Waals surface area (Å²) < 4.78 is 0. The second-order valence-corrected chi connectivity index (χ2v) is 6.36. The van der Waals surface area contributed by atoms with Gasteiger partial charge in [0.05, 0.1) is 23.4 Å². The zero-order valence-corrected chi connectivity index (χ0v) is 13.5. The maximum absolute atomic E-state index is 12.2. The summed E-state index contributed by atoms with van der Waals surface area (Å²) in [6, 6.07) is 12.1. The largest absolute Gasteiger partial charge is 0.363 e. The third-order valence-electron chi connectivity index (χ3n) is 4.80. The van der Waals surface area contributed by atoms with E-state index < -0.39 is 0 Å². The minimum Gasteiger partial charge on any atom is -0.363 e. The zero-order chi connectivity index (χ0) is 16.7. The van der Waals surface area contributed by atoms with Gasteiger partial charge in [0, 0.05) is 23.1 Å². The van der Waals surface area contributed by atoms with Crippen LogP contribution < -0.4 is 5.32 Å². The number of pyridine rings is 1. The molecule has 4 heteroatoms. The number of aromatic nitrogens is 1. The van der Waals surface area contributed by atoms with E-state index in [9.17, 15) is 10.1 Å². The molecule has 1 unspecified atom stereocenters. The molecule has 0 bridgehead atoms. The normalized spacial score (nSPS) is 18.8. The Kier molecular flexibility index (Phi) is 3.42. The Morgan fingerprint density at radius 1 is 1.33 bits per heavy atom. The molecule has 1 saturated carbocycles. The number of nitrogens with one attached hydrogen (secondary N) is 1. The van der Waals surface area contributed by atoms with Crippen LogP contribution in [0.2, 0.25) is 0 Å². The molecule has 1 aliphatic heterocycles. The molecule has 24 heavy (non-hydrogen) atoms. The Hall–Kier alpha value is -2.93. The van der Waals surface area contributed by atoms with Crippen molar-refractivity contribution >= 4 is 17.7 Å². The van der Waals surface area contributed by atoms with Gasteiger partial charge in [0.1, 0.15) is 5.82 Å². The molecule has 1 aromatic heterocycles. The van der Waals surface area contributed by atoms with Crippen molar-refractivity contribution in [1.82, 2.24) is 4.98 Å². The van der Waals surface area contributed by atoms with Gasteiger partial charge in [-0.25, -0.2) is 4.98 Å². The lowest BCUT2D eigenvalue weighted by Gasteiger charge is -2.30. The lowest BCUT2D eigenvalue weighted by molar-refractivity contribution is -0.116. The summed E-state index contributed by atoms with van der Waals surface area (Å²) in [6.45, 7) is 2.04. The highest BCUT2D eigenvalue weighted by atomic mass is 16.1. The minimum atomic E-state index is 0.0184. The van der Waals surface area contributed by atoms with Gasteiger partial charge in [0.25, 0.3) is 0 Å². The number of benzene rings is 1. The van der Waals surface area contributed by atoms with Crippen molar-refractivity contribution in [2.45, 2.75) is 32.2 Å². The van der Waals surface area contributed by atoms with E-state index in [1.807, 2.05) is 43.3 Å². The number of carbonyl (C=O) groups excluding carboxylic acids is 1. The van der Waals surface area contributed by atoms with Crippen LogP contribution in [0.25, 0.3) is 17.3 Å². The molecular weight excluding hydrogens is 298 g/mol. The predicted molar refractivity (Wildman–Crippen MR) is 93.4 cm³/mol. The number of hydrogen-bond donors (Lipinski definition) is 1. The predicted octanol–water partition coefficient (Wildman–Crippen LogP) is 3.86. The smallest absolute Gasteiger partial charge is 0.160 e. The first-order valence-electron chi connectivity index (χ1n) is 8.20. The standard InChI is InChI=1S/C20H17N3O/c1-12-5-2-3-6-14(12)18-9-13(11-21)15-10-16-17(22-20(15)23-18)7-4-8-19(16)24/h2-3,5-6,9-10,17H,4,7-8H2,1H3,(H,22,23). The highest BCUT2D eigenvalue weighted by Gasteiger charge is 2.31. The molecule has 2 heterocycles. The lowest BCUT2D eigenvalue weighted by atomic mass is 9.84. The maximum atomic E-state index is 12.2. The van der Waals surface area contributed by atoms with Gasteiger partial charge in [-0.1, -0.05) is 24.3 Å². The maximum Gasteiger partial charge on any atom is 0.160 e. The van der Waals surface area contributed by atoms with Gasteiger partial charge in [-0.2, -0.15) is 5.26 Å². The first-order valence-corrected chi connectivity index (χ1v) is 8.20. The van der Waals surface area contributed by atoms with E-state index in [2.05, 4.69) is 11.4 Å². The number of nitrogens with zero attached hydrogens (tertiary/aromatic N) is 2. The molecule has 4 rings (SSSR count). The van der Waals surface area contributed by atoms with Gasteiger partial charge < -0.3 is 5.32 Å². The topological polar surface area (TPSA) is 65.8 Å². The highest BCUT2D eigenvalue weighted by Crippen LogP contribution is 2.36. The van der Waals surface area contributed by atoms with Crippen molar-refractivity contribution in [3.8, 4) is 17.3 Å². The summed E-state index contributed by atoms with van der Waals surface area (Å²) in [7, 11) is 0. The fraction of sp³-hybridized carbons (Fsp3) is 0.250. The fourth-order valence-electron chi connectivity index (χ4n) is 3.51. The van der Waals surface area contributed by atoms with E-state index in [4.69, 9.17) is 4.98 Å². The summed E-state index contributed by atoms with van der Waals surface area (Å²) in [5.74, 6) is 0.882. The van der Waals surface area contributed by atoms with Gasteiger partial charge in [0.15, 0.2) is 5.78 Å². The third kappa shape index (κ3) is 2.30. The minimum absolute atomic E-state index is 0.0184. The number of fused-ring (bicyclic) bond motifs is 2. The Bertz CT molecular complexity index is 921. The Morgan fingerprint density at radius 3 is 2.96 bits per heavy atom. The Labute approximate surface area is 140 Å². The summed E-state index contributed by atoms with van der Waals surface area (Å²) in [4.78, 5) is 16.9. The molecule has 0 saturated heterocycles. The molecular formula is C20H17N3O. The van der Waals surface area contributed by atoms with Gasteiger partial charge >= 0.3 is 0 Å². The fourth-order valence-corrected chi connectivity index (χ4v) is 3.51. The monoisotopic (exact) mass is 315 g/mol. The van der Waals surface area contributed by atoms with Crippen molar-refractivity contribution in [1.29, 1.82) is 5.26 Å². The Balaban J connectivity index is 1.89. The molecule has 118 valence electrons. The van der Waals surface area contributed by atoms with Crippen molar-refractivity contribution in [2.24, 2.45) is 0 Å². The van der Waals surface area contributed by atoms with Crippen LogP contribution in [-0.4, -0.2) is 16.8 Å². The van der Waals surface area contributed by atoms with Crippen molar-refractivity contribution < 1.29 is 4.79 Å². The van der Waals surface area contributed by atoms with E-state index >= 15 is 0 Å². The van der Waals surface area contributed by atoms with E-state index in [0.717, 1.165) is 40.8 Å². The average Bonchev–Trinajstić information content (AvgIpc) is 2.60. The van der Waals surface area contributed by atoms with E-state index in [1.54, 1.807) is 0 Å². The van der Waals surface area contributed by atoms with Crippen LogP contribution in [0.15, 0.2) is 35.9 Å². The van der Waals surface area contributed by atoms with Crippen LogP contribution in [-0.2, 0) is 4.79 Å². The molecule has 0 radical (unpaired) electrons. The van der Waals surface area contributed by atoms with Gasteiger partial charge in [0.2, 0.25) is 0 Å². The van der Waals surface area contributed by atoms with Crippen LogP contribution in [0, 0.1) is 18.3 Å². The van der Waals surface area contributed by atoms with Crippen molar-refractivity contribution in [3.63, 3.8) is 0 Å². The Morgan fingerprint density at radius 2 is 2.17 bits per heavy atom. The summed E-state index contributed by atoms with van der Waals surface area (Å²) in [5.41, 5.74) is 5.00. The van der Waals surface area contributed by atoms with Crippen LogP contribution in [0.1, 0.15) is 36.0 Å². The number of nitriles is 1. The van der Waals surface area contributed by atoms with Crippen LogP contribution in [0.4, 0.5) is 5.82 Å². The van der Waals surface area contributed by atoms with Gasteiger partial charge in [-0.05, 0) is 37.5 Å². The van der Waals surface area contributed by atoms with E-state index in [0.29, 0.717) is 17.8 Å². The SMILES string of the molecule is Cc1ccccc1-c1cc(C#N)c2c(n1)NC1CCCC(=O)C1=C2. The number of Topliss-reactive ketones (excluding diaryl/α,β-unsaturated/α-hetero) is 1. The van der Waals surface area contributed by atoms with Gasteiger partial charge in [-0.15, -0.1) is 0 Å². The highest BCUT2D eigenvalue weighted by molar-refractivity contribution is 6.04. The van der Waals surface area contributed by atoms with E-state index in [-0.39, 0.29) is 11.8 Å². The molecule has 2 aliphatic rings. The molecule has 1 atom stereocenters. The second kappa shape index (κ2) is 5.61. The number of aryl methyl sites for hydroxylation is 1. The quantitative estimate of drug-likeness (QED) is 0.868. The first kappa shape index (κ1) is 14.6. The summed E-state index contributed by atoms with van der Waals surface area (Å²) in [5, 5.41) is 13.0. The molecule has 1 N–H and O–H groups in total. The molecule has 1 aliphatic carbocycles. The van der Waals surface area contributed by atoms with E-state index in [1.165, 1.54) is 0 Å². The van der Waals surface area contributed by atoms with Crippen molar-refractivity contribution in [2.75, 3.05) is 5.32 Å². The molecule has 4 nitrogen and oxygen atoms in total. The van der Waals surface area contributed by atoms with Gasteiger partial charge in [-0.3, -0.25) is 4.79 Å². The molecule has 0 amide bonds. The second-order valence-electron chi connectivity index (χ2n) is 6.36. The third-order valence-corrected chi connectivity index (χ3v) is 4.80. The summed E-state index contributed by atoms with van der Waals surface area (Å²) in [6.07, 6.45) is 4.28. The number of anilines is 1. The molecule has 1 aromatic carbocycles. The number of hydrogen-bond acceptors (Lipinski definition) is 4. The van der Waals surface area contributed by atoms with Crippen molar-refractivity contribution in [3.05, 3.63) is 52.6 Å². The summed E-state index contributed by atoms with van der Waals surface area (Å²) >= 11 is 0. The first-order chi connectivity index (χ1) is 11.7. The zero-order valence-electron chi connectivity index (χ0n) is 13.5. The van der Waals surface area contributed by atoms with Crippen LogP contribution >= 0.6 is 0 Å².